The van der Waals surface area contributed by atoms with E-state index in [4.69, 9.17) is 5.11 Å². The fourth-order valence-electron chi connectivity index (χ4n) is 1.84. The Morgan fingerprint density at radius 1 is 1.33 bits per heavy atom. The third-order valence-electron chi connectivity index (χ3n) is 2.80. The summed E-state index contributed by atoms with van der Waals surface area (Å²) in [6, 6.07) is 5.99. The van der Waals surface area contributed by atoms with Gasteiger partial charge in [-0.05, 0) is 19.9 Å². The molecule has 1 N–H and O–H groups in total. The Bertz CT molecular complexity index is 471. The van der Waals surface area contributed by atoms with Gasteiger partial charge in [0.25, 0.3) is 0 Å². The first kappa shape index (κ1) is 14.2. The maximum atomic E-state index is 13.7. The van der Waals surface area contributed by atoms with Crippen LogP contribution < -0.4 is 0 Å². The van der Waals surface area contributed by atoms with Crippen molar-refractivity contribution in [3.8, 4) is 0 Å². The van der Waals surface area contributed by atoms with Crippen LogP contribution in [0.15, 0.2) is 24.3 Å². The summed E-state index contributed by atoms with van der Waals surface area (Å²) >= 11 is 0. The van der Waals surface area contributed by atoms with Crippen LogP contribution >= 0.6 is 0 Å². The fraction of sp³-hybridized carbons (Fsp3) is 0.385. The third kappa shape index (κ3) is 2.85. The number of likely N-dealkylation sites (N-methyl/N-ethyl adjacent to an activating group) is 1. The number of nitrogens with zero attached hydrogens (tertiary/aromatic N) is 1. The van der Waals surface area contributed by atoms with Gasteiger partial charge in [-0.25, -0.2) is 4.39 Å². The van der Waals surface area contributed by atoms with E-state index in [1.54, 1.807) is 26.0 Å². The van der Waals surface area contributed by atoms with Crippen LogP contribution in [0, 0.1) is 5.82 Å². The highest BCUT2D eigenvalue weighted by atomic mass is 19.1. The molecule has 1 aromatic rings. The number of hydrogen-bond donors (Lipinski definition) is 1. The topological polar surface area (TPSA) is 57.6 Å². The molecule has 1 amide bonds. The van der Waals surface area contributed by atoms with E-state index in [1.807, 2.05) is 0 Å². The number of amides is 1. The van der Waals surface area contributed by atoms with E-state index in [0.717, 1.165) is 4.90 Å². The molecule has 18 heavy (non-hydrogen) atoms. The molecule has 0 atom stereocenters. The van der Waals surface area contributed by atoms with Gasteiger partial charge in [-0.2, -0.15) is 0 Å². The van der Waals surface area contributed by atoms with Gasteiger partial charge in [-0.3, -0.25) is 9.59 Å². The molecule has 0 saturated carbocycles. The van der Waals surface area contributed by atoms with Crippen molar-refractivity contribution in [2.24, 2.45) is 0 Å². The Balaban J connectivity index is 3.03. The minimum absolute atomic E-state index is 0.257. The first-order chi connectivity index (χ1) is 8.26. The van der Waals surface area contributed by atoms with Gasteiger partial charge in [-0.1, -0.05) is 18.2 Å². The average Bonchev–Trinajstić information content (AvgIpc) is 2.27. The van der Waals surface area contributed by atoms with Crippen molar-refractivity contribution >= 4 is 11.9 Å². The molecule has 0 aliphatic carbocycles. The Morgan fingerprint density at radius 3 is 2.39 bits per heavy atom. The minimum Gasteiger partial charge on any atom is -0.480 e. The normalized spacial score (nSPS) is 11.1. The fourth-order valence-corrected chi connectivity index (χ4v) is 1.84. The number of carbonyl (C=O) groups excluding carboxylic acids is 1. The van der Waals surface area contributed by atoms with Crippen molar-refractivity contribution in [3.63, 3.8) is 0 Å². The second-order valence-electron chi connectivity index (χ2n) is 4.66. The lowest BCUT2D eigenvalue weighted by molar-refractivity contribution is -0.145. The highest BCUT2D eigenvalue weighted by Crippen LogP contribution is 2.27. The van der Waals surface area contributed by atoms with Crippen LogP contribution in [-0.2, 0) is 15.0 Å². The maximum Gasteiger partial charge on any atom is 0.323 e. The van der Waals surface area contributed by atoms with Crippen molar-refractivity contribution in [1.82, 2.24) is 4.90 Å². The van der Waals surface area contributed by atoms with Gasteiger partial charge in [0, 0.05) is 12.6 Å². The van der Waals surface area contributed by atoms with Crippen LogP contribution in [0.5, 0.6) is 0 Å². The van der Waals surface area contributed by atoms with Gasteiger partial charge in [0.05, 0.1) is 5.41 Å². The predicted molar refractivity (Wildman–Crippen MR) is 64.7 cm³/mol. The Morgan fingerprint density at radius 2 is 1.89 bits per heavy atom. The molecule has 0 bridgehead atoms. The van der Waals surface area contributed by atoms with Crippen LogP contribution in [0.2, 0.25) is 0 Å². The zero-order valence-corrected chi connectivity index (χ0v) is 10.6. The molecule has 98 valence electrons. The van der Waals surface area contributed by atoms with E-state index < -0.39 is 29.7 Å². The summed E-state index contributed by atoms with van der Waals surface area (Å²) in [7, 11) is 1.39. The van der Waals surface area contributed by atoms with Crippen molar-refractivity contribution in [2.45, 2.75) is 19.3 Å². The minimum atomic E-state index is -1.10. The molecule has 0 spiro atoms. The monoisotopic (exact) mass is 253 g/mol. The molecular weight excluding hydrogens is 237 g/mol. The molecule has 0 heterocycles. The van der Waals surface area contributed by atoms with E-state index in [9.17, 15) is 14.0 Å². The summed E-state index contributed by atoms with van der Waals surface area (Å²) in [5.41, 5.74) is -0.845. The van der Waals surface area contributed by atoms with Crippen molar-refractivity contribution < 1.29 is 19.1 Å². The highest BCUT2D eigenvalue weighted by molar-refractivity contribution is 5.89. The van der Waals surface area contributed by atoms with Crippen LogP contribution in [0.1, 0.15) is 19.4 Å². The number of carbonyl (C=O) groups is 2. The van der Waals surface area contributed by atoms with Gasteiger partial charge in [0.15, 0.2) is 0 Å². The molecule has 1 aromatic carbocycles. The lowest BCUT2D eigenvalue weighted by Crippen LogP contribution is -2.43. The van der Waals surface area contributed by atoms with Gasteiger partial charge in [-0.15, -0.1) is 0 Å². The Kier molecular flexibility index (Phi) is 4.06. The van der Waals surface area contributed by atoms with Gasteiger partial charge in [0.2, 0.25) is 5.91 Å². The van der Waals surface area contributed by atoms with Gasteiger partial charge in [0.1, 0.15) is 12.4 Å². The Hall–Kier alpha value is -1.91. The van der Waals surface area contributed by atoms with E-state index in [1.165, 1.54) is 19.2 Å². The molecule has 4 nitrogen and oxygen atoms in total. The number of rotatable bonds is 4. The van der Waals surface area contributed by atoms with E-state index >= 15 is 0 Å². The number of halogens is 1. The maximum absolute atomic E-state index is 13.7. The average molecular weight is 253 g/mol. The van der Waals surface area contributed by atoms with E-state index in [0.29, 0.717) is 0 Å². The van der Waals surface area contributed by atoms with E-state index in [2.05, 4.69) is 0 Å². The molecule has 0 aromatic heterocycles. The molecule has 0 radical (unpaired) electrons. The van der Waals surface area contributed by atoms with Gasteiger partial charge >= 0.3 is 5.97 Å². The molecular formula is C13H16FNO3. The van der Waals surface area contributed by atoms with Crippen LogP contribution in [0.3, 0.4) is 0 Å². The van der Waals surface area contributed by atoms with Gasteiger partial charge < -0.3 is 10.0 Å². The second kappa shape index (κ2) is 5.16. The van der Waals surface area contributed by atoms with Crippen molar-refractivity contribution in [3.05, 3.63) is 35.6 Å². The molecule has 0 fully saturated rings. The first-order valence-electron chi connectivity index (χ1n) is 5.49. The van der Waals surface area contributed by atoms with Crippen molar-refractivity contribution in [2.75, 3.05) is 13.6 Å². The summed E-state index contributed by atoms with van der Waals surface area (Å²) in [5.74, 6) is -2.01. The van der Waals surface area contributed by atoms with Crippen molar-refractivity contribution in [1.29, 1.82) is 0 Å². The number of hydrogen-bond acceptors (Lipinski definition) is 2. The molecule has 0 saturated heterocycles. The summed E-state index contributed by atoms with van der Waals surface area (Å²) in [4.78, 5) is 23.8. The summed E-state index contributed by atoms with van der Waals surface area (Å²) in [6.07, 6.45) is 0. The predicted octanol–water partition coefficient (Wildman–Crippen LogP) is 1.65. The largest absolute Gasteiger partial charge is 0.480 e. The second-order valence-corrected chi connectivity index (χ2v) is 4.66. The summed E-state index contributed by atoms with van der Waals surface area (Å²) in [5, 5.41) is 8.66. The standard InChI is InChI=1S/C13H16FNO3/c1-13(2,9-6-4-5-7-10(9)14)12(18)15(3)8-11(16)17/h4-7H,8H2,1-3H3,(H,16,17). The van der Waals surface area contributed by atoms with Crippen LogP contribution in [0.4, 0.5) is 4.39 Å². The van der Waals surface area contributed by atoms with Crippen LogP contribution in [0.25, 0.3) is 0 Å². The molecule has 1 rings (SSSR count). The zero-order valence-electron chi connectivity index (χ0n) is 10.6. The smallest absolute Gasteiger partial charge is 0.323 e. The molecule has 5 heteroatoms. The molecule has 0 unspecified atom stereocenters. The number of carboxylic acids is 1. The zero-order chi connectivity index (χ0) is 13.9. The number of aliphatic carboxylic acids is 1. The summed E-state index contributed by atoms with van der Waals surface area (Å²) < 4.78 is 13.7. The SMILES string of the molecule is CN(CC(=O)O)C(=O)C(C)(C)c1ccccc1F. The lowest BCUT2D eigenvalue weighted by Gasteiger charge is -2.29. The van der Waals surface area contributed by atoms with Crippen LogP contribution in [-0.4, -0.2) is 35.5 Å². The summed E-state index contributed by atoms with van der Waals surface area (Å²) in [6.45, 7) is 2.74. The highest BCUT2D eigenvalue weighted by Gasteiger charge is 2.34. The molecule has 0 aliphatic heterocycles. The first-order valence-corrected chi connectivity index (χ1v) is 5.49. The molecule has 0 aliphatic rings. The lowest BCUT2D eigenvalue weighted by atomic mass is 9.83. The van der Waals surface area contributed by atoms with E-state index in [-0.39, 0.29) is 5.56 Å². The Labute approximate surface area is 105 Å². The third-order valence-corrected chi connectivity index (χ3v) is 2.80. The number of benzene rings is 1. The quantitative estimate of drug-likeness (QED) is 0.887. The number of carboxylic acid groups (broad SMARTS) is 1.